The summed E-state index contributed by atoms with van der Waals surface area (Å²) in [5.41, 5.74) is 1.29. The molecule has 17 heavy (non-hydrogen) atoms. The van der Waals surface area contributed by atoms with Crippen molar-refractivity contribution in [1.82, 2.24) is 14.1 Å². The third kappa shape index (κ3) is 2.16. The van der Waals surface area contributed by atoms with E-state index in [0.717, 1.165) is 25.8 Å². The van der Waals surface area contributed by atoms with Gasteiger partial charge in [-0.3, -0.25) is 14.1 Å². The first-order valence-electron chi connectivity index (χ1n) is 6.01. The van der Waals surface area contributed by atoms with E-state index in [1.165, 1.54) is 5.56 Å². The van der Waals surface area contributed by atoms with Crippen molar-refractivity contribution >= 4 is 0 Å². The lowest BCUT2D eigenvalue weighted by Gasteiger charge is -2.01. The van der Waals surface area contributed by atoms with Crippen LogP contribution in [0.2, 0.25) is 0 Å². The number of aromatic nitrogens is 3. The van der Waals surface area contributed by atoms with Crippen LogP contribution >= 0.6 is 0 Å². The third-order valence-corrected chi connectivity index (χ3v) is 3.18. The van der Waals surface area contributed by atoms with E-state index < -0.39 is 0 Å². The molecule has 4 heteroatoms. The van der Waals surface area contributed by atoms with Crippen LogP contribution < -0.4 is 5.69 Å². The molecule has 0 unspecified atom stereocenters. The average Bonchev–Trinajstić information content (AvgIpc) is 3.13. The average molecular weight is 229 g/mol. The summed E-state index contributed by atoms with van der Waals surface area (Å²) in [6.07, 6.45) is 10.5. The van der Waals surface area contributed by atoms with E-state index in [-0.39, 0.29) is 5.69 Å². The van der Waals surface area contributed by atoms with Crippen molar-refractivity contribution in [1.29, 1.82) is 0 Å². The molecule has 0 N–H and O–H groups in total. The predicted octanol–water partition coefficient (Wildman–Crippen LogP) is 1.62. The zero-order valence-electron chi connectivity index (χ0n) is 9.62. The Morgan fingerprint density at radius 3 is 2.94 bits per heavy atom. The van der Waals surface area contributed by atoms with Gasteiger partial charge in [-0.25, -0.2) is 4.79 Å². The highest BCUT2D eigenvalue weighted by Gasteiger charge is 2.25. The summed E-state index contributed by atoms with van der Waals surface area (Å²) in [4.78, 5) is 16.1. The molecule has 0 atom stereocenters. The number of hydrogen-bond acceptors (Lipinski definition) is 2. The summed E-state index contributed by atoms with van der Waals surface area (Å²) in [5, 5.41) is 0. The highest BCUT2D eigenvalue weighted by molar-refractivity contribution is 5.08. The zero-order chi connectivity index (χ0) is 11.7. The highest BCUT2D eigenvalue weighted by Crippen LogP contribution is 2.33. The lowest BCUT2D eigenvalue weighted by molar-refractivity contribution is 0.619. The lowest BCUT2D eigenvalue weighted by Crippen LogP contribution is -2.24. The maximum atomic E-state index is 12.0. The van der Waals surface area contributed by atoms with Gasteiger partial charge in [0, 0.05) is 37.4 Å². The van der Waals surface area contributed by atoms with Crippen LogP contribution in [0.1, 0.15) is 24.4 Å². The van der Waals surface area contributed by atoms with Gasteiger partial charge in [0.1, 0.15) is 0 Å². The predicted molar refractivity (Wildman–Crippen MR) is 64.9 cm³/mol. The SMILES string of the molecule is O=c1n(CCc2cccnc2)ccn1C1CC1. The van der Waals surface area contributed by atoms with Gasteiger partial charge in [0.15, 0.2) is 0 Å². The van der Waals surface area contributed by atoms with Crippen LogP contribution in [-0.4, -0.2) is 14.1 Å². The molecule has 2 aromatic heterocycles. The smallest absolute Gasteiger partial charge is 0.299 e. The fourth-order valence-electron chi connectivity index (χ4n) is 2.02. The summed E-state index contributed by atoms with van der Waals surface area (Å²) in [5.74, 6) is 0. The van der Waals surface area contributed by atoms with Crippen LogP contribution in [0.3, 0.4) is 0 Å². The fourth-order valence-corrected chi connectivity index (χ4v) is 2.02. The van der Waals surface area contributed by atoms with Gasteiger partial charge in [-0.05, 0) is 30.9 Å². The molecular formula is C13H15N3O. The Bertz CT molecular complexity index is 552. The molecule has 0 aromatic carbocycles. The number of pyridine rings is 1. The minimum Gasteiger partial charge on any atom is -0.299 e. The van der Waals surface area contributed by atoms with Gasteiger partial charge >= 0.3 is 5.69 Å². The fraction of sp³-hybridized carbons (Fsp3) is 0.385. The molecule has 0 bridgehead atoms. The van der Waals surface area contributed by atoms with Crippen molar-refractivity contribution in [3.63, 3.8) is 0 Å². The Hall–Kier alpha value is -1.84. The lowest BCUT2D eigenvalue weighted by atomic mass is 10.2. The molecule has 4 nitrogen and oxygen atoms in total. The van der Waals surface area contributed by atoms with E-state index in [9.17, 15) is 4.79 Å². The van der Waals surface area contributed by atoms with Crippen molar-refractivity contribution in [2.24, 2.45) is 0 Å². The Morgan fingerprint density at radius 1 is 1.35 bits per heavy atom. The van der Waals surface area contributed by atoms with E-state index in [1.807, 2.05) is 35.3 Å². The van der Waals surface area contributed by atoms with Crippen molar-refractivity contribution in [2.45, 2.75) is 31.8 Å². The Morgan fingerprint density at radius 2 is 2.24 bits per heavy atom. The number of nitrogens with zero attached hydrogens (tertiary/aromatic N) is 3. The molecule has 3 rings (SSSR count). The van der Waals surface area contributed by atoms with Crippen molar-refractivity contribution in [3.8, 4) is 0 Å². The summed E-state index contributed by atoms with van der Waals surface area (Å²) in [7, 11) is 0. The molecule has 0 radical (unpaired) electrons. The van der Waals surface area contributed by atoms with Crippen LogP contribution in [0.25, 0.3) is 0 Å². The van der Waals surface area contributed by atoms with Crippen molar-refractivity contribution in [3.05, 3.63) is 53.0 Å². The van der Waals surface area contributed by atoms with E-state index in [2.05, 4.69) is 4.98 Å². The van der Waals surface area contributed by atoms with Crippen LogP contribution in [0.4, 0.5) is 0 Å². The van der Waals surface area contributed by atoms with Crippen LogP contribution in [0.15, 0.2) is 41.7 Å². The van der Waals surface area contributed by atoms with Crippen molar-refractivity contribution < 1.29 is 0 Å². The molecule has 2 heterocycles. The highest BCUT2D eigenvalue weighted by atomic mass is 16.1. The molecule has 1 aliphatic rings. The quantitative estimate of drug-likeness (QED) is 0.799. The van der Waals surface area contributed by atoms with Gasteiger partial charge in [0.2, 0.25) is 0 Å². The van der Waals surface area contributed by atoms with Crippen LogP contribution in [0.5, 0.6) is 0 Å². The number of aryl methyl sites for hydroxylation is 2. The standard InChI is InChI=1S/C13H15N3O/c17-13-15(8-9-16(13)12-3-4-12)7-5-11-2-1-6-14-10-11/h1-2,6,8-10,12H,3-5,7H2. The maximum Gasteiger partial charge on any atom is 0.328 e. The van der Waals surface area contributed by atoms with Gasteiger partial charge in [0.25, 0.3) is 0 Å². The van der Waals surface area contributed by atoms with E-state index in [4.69, 9.17) is 0 Å². The topological polar surface area (TPSA) is 39.8 Å². The molecule has 2 aromatic rings. The van der Waals surface area contributed by atoms with E-state index in [1.54, 1.807) is 10.8 Å². The minimum atomic E-state index is 0.122. The summed E-state index contributed by atoms with van der Waals surface area (Å²) in [6.45, 7) is 0.726. The van der Waals surface area contributed by atoms with Gasteiger partial charge in [-0.15, -0.1) is 0 Å². The summed E-state index contributed by atoms with van der Waals surface area (Å²) in [6, 6.07) is 4.42. The van der Waals surface area contributed by atoms with Gasteiger partial charge in [-0.1, -0.05) is 6.07 Å². The second kappa shape index (κ2) is 4.20. The van der Waals surface area contributed by atoms with Crippen molar-refractivity contribution in [2.75, 3.05) is 0 Å². The van der Waals surface area contributed by atoms with Crippen LogP contribution in [0, 0.1) is 0 Å². The normalized spacial score (nSPS) is 15.1. The molecule has 0 spiro atoms. The second-order valence-electron chi connectivity index (χ2n) is 4.52. The number of imidazole rings is 1. The Labute approximate surface area is 99.5 Å². The first kappa shape index (κ1) is 10.3. The van der Waals surface area contributed by atoms with Gasteiger partial charge < -0.3 is 0 Å². The molecule has 1 fully saturated rings. The molecule has 0 saturated heterocycles. The summed E-state index contributed by atoms with van der Waals surface area (Å²) < 4.78 is 3.63. The number of hydrogen-bond donors (Lipinski definition) is 0. The first-order valence-corrected chi connectivity index (χ1v) is 6.01. The number of rotatable bonds is 4. The second-order valence-corrected chi connectivity index (χ2v) is 4.52. The van der Waals surface area contributed by atoms with E-state index in [0.29, 0.717) is 6.04 Å². The Kier molecular flexibility index (Phi) is 2.55. The van der Waals surface area contributed by atoms with Gasteiger partial charge in [0.05, 0.1) is 0 Å². The molecule has 1 saturated carbocycles. The maximum absolute atomic E-state index is 12.0. The van der Waals surface area contributed by atoms with Crippen LogP contribution in [-0.2, 0) is 13.0 Å². The van der Waals surface area contributed by atoms with Gasteiger partial charge in [-0.2, -0.15) is 0 Å². The zero-order valence-corrected chi connectivity index (χ0v) is 9.62. The molecular weight excluding hydrogens is 214 g/mol. The third-order valence-electron chi connectivity index (χ3n) is 3.18. The first-order chi connectivity index (χ1) is 8.34. The molecule has 1 aliphatic carbocycles. The molecule has 0 aliphatic heterocycles. The monoisotopic (exact) mass is 229 g/mol. The minimum absolute atomic E-state index is 0.122. The van der Waals surface area contributed by atoms with E-state index >= 15 is 0 Å². The summed E-state index contributed by atoms with van der Waals surface area (Å²) >= 11 is 0. The Balaban J connectivity index is 1.71. The molecule has 0 amide bonds. The largest absolute Gasteiger partial charge is 0.328 e. The molecule has 88 valence electrons.